The standard InChI is InChI=1S/C12H19N3O3/c1-13-9-7-17-6-8(9)10-14-11(15-18-10)12(16-2)4-3-5-12/h8-9,13H,3-7H2,1-2H3. The van der Waals surface area contributed by atoms with Crippen LogP contribution in [-0.4, -0.2) is 43.6 Å². The first-order chi connectivity index (χ1) is 8.79. The van der Waals surface area contributed by atoms with Crippen LogP contribution in [0.5, 0.6) is 0 Å². The van der Waals surface area contributed by atoms with E-state index in [0.29, 0.717) is 24.9 Å². The van der Waals surface area contributed by atoms with Gasteiger partial charge in [-0.2, -0.15) is 4.98 Å². The first-order valence-corrected chi connectivity index (χ1v) is 6.43. The molecule has 6 nitrogen and oxygen atoms in total. The van der Waals surface area contributed by atoms with Gasteiger partial charge in [0.25, 0.3) is 0 Å². The lowest BCUT2D eigenvalue weighted by atomic mass is 9.79. The van der Waals surface area contributed by atoms with E-state index in [0.717, 1.165) is 19.3 Å². The normalized spacial score (nSPS) is 30.3. The van der Waals surface area contributed by atoms with Crippen LogP contribution >= 0.6 is 0 Å². The molecular weight excluding hydrogens is 234 g/mol. The van der Waals surface area contributed by atoms with Gasteiger partial charge in [-0.3, -0.25) is 0 Å². The first kappa shape index (κ1) is 12.1. The van der Waals surface area contributed by atoms with E-state index in [9.17, 15) is 0 Å². The van der Waals surface area contributed by atoms with E-state index in [-0.39, 0.29) is 17.6 Å². The molecule has 1 aromatic heterocycles. The zero-order valence-electron chi connectivity index (χ0n) is 10.8. The molecular formula is C12H19N3O3. The fraction of sp³-hybridized carbons (Fsp3) is 0.833. The van der Waals surface area contributed by atoms with Crippen molar-refractivity contribution in [3.63, 3.8) is 0 Å². The van der Waals surface area contributed by atoms with Crippen LogP contribution in [0.1, 0.15) is 36.9 Å². The third-order valence-electron chi connectivity index (χ3n) is 4.17. The van der Waals surface area contributed by atoms with Gasteiger partial charge >= 0.3 is 0 Å². The second-order valence-electron chi connectivity index (χ2n) is 5.05. The molecule has 0 spiro atoms. The molecule has 3 rings (SSSR count). The maximum absolute atomic E-state index is 5.56. The van der Waals surface area contributed by atoms with Gasteiger partial charge in [0, 0.05) is 13.2 Å². The van der Waals surface area contributed by atoms with Crippen molar-refractivity contribution in [2.24, 2.45) is 0 Å². The molecule has 2 aliphatic rings. The maximum Gasteiger partial charge on any atom is 0.233 e. The molecule has 2 fully saturated rings. The number of rotatable bonds is 4. The first-order valence-electron chi connectivity index (χ1n) is 6.43. The fourth-order valence-electron chi connectivity index (χ4n) is 2.67. The van der Waals surface area contributed by atoms with Crippen molar-refractivity contribution in [3.8, 4) is 0 Å². The number of aromatic nitrogens is 2. The highest BCUT2D eigenvalue weighted by atomic mass is 16.5. The summed E-state index contributed by atoms with van der Waals surface area (Å²) in [6, 6.07) is 0.248. The largest absolute Gasteiger partial charge is 0.379 e. The summed E-state index contributed by atoms with van der Waals surface area (Å²) >= 11 is 0. The van der Waals surface area contributed by atoms with Crippen LogP contribution in [-0.2, 0) is 15.1 Å². The van der Waals surface area contributed by atoms with Crippen molar-refractivity contribution in [2.45, 2.75) is 36.8 Å². The van der Waals surface area contributed by atoms with Gasteiger partial charge in [0.2, 0.25) is 11.7 Å². The van der Waals surface area contributed by atoms with Gasteiger partial charge in [0.05, 0.1) is 19.1 Å². The molecule has 0 bridgehead atoms. The van der Waals surface area contributed by atoms with Crippen LogP contribution < -0.4 is 5.32 Å². The average molecular weight is 253 g/mol. The molecule has 2 atom stereocenters. The van der Waals surface area contributed by atoms with Gasteiger partial charge < -0.3 is 19.3 Å². The molecule has 1 N–H and O–H groups in total. The Morgan fingerprint density at radius 1 is 1.39 bits per heavy atom. The minimum absolute atomic E-state index is 0.144. The Labute approximate surface area is 106 Å². The smallest absolute Gasteiger partial charge is 0.233 e. The van der Waals surface area contributed by atoms with E-state index >= 15 is 0 Å². The summed E-state index contributed by atoms with van der Waals surface area (Å²) in [4.78, 5) is 4.53. The lowest BCUT2D eigenvalue weighted by Crippen LogP contribution is -2.37. The van der Waals surface area contributed by atoms with Crippen LogP contribution in [0, 0.1) is 0 Å². The van der Waals surface area contributed by atoms with Gasteiger partial charge in [-0.05, 0) is 26.3 Å². The third-order valence-corrected chi connectivity index (χ3v) is 4.17. The fourth-order valence-corrected chi connectivity index (χ4v) is 2.67. The summed E-state index contributed by atoms with van der Waals surface area (Å²) in [5, 5.41) is 7.32. The van der Waals surface area contributed by atoms with Crippen molar-refractivity contribution in [3.05, 3.63) is 11.7 Å². The second-order valence-corrected chi connectivity index (χ2v) is 5.05. The molecule has 2 heterocycles. The number of nitrogens with one attached hydrogen (secondary N) is 1. The highest BCUT2D eigenvalue weighted by Gasteiger charge is 2.44. The minimum Gasteiger partial charge on any atom is -0.379 e. The number of likely N-dealkylation sites (N-methyl/N-ethyl adjacent to an activating group) is 1. The molecule has 18 heavy (non-hydrogen) atoms. The molecule has 1 aromatic rings. The van der Waals surface area contributed by atoms with E-state index in [2.05, 4.69) is 15.5 Å². The van der Waals surface area contributed by atoms with Crippen LogP contribution in [0.2, 0.25) is 0 Å². The highest BCUT2D eigenvalue weighted by molar-refractivity contribution is 5.10. The van der Waals surface area contributed by atoms with Crippen LogP contribution in [0.15, 0.2) is 4.52 Å². The molecule has 1 saturated carbocycles. The Balaban J connectivity index is 1.81. The van der Waals surface area contributed by atoms with Gasteiger partial charge in [0.15, 0.2) is 0 Å². The van der Waals surface area contributed by atoms with Gasteiger partial charge in [-0.15, -0.1) is 0 Å². The van der Waals surface area contributed by atoms with E-state index in [1.54, 1.807) is 7.11 Å². The summed E-state index contributed by atoms with van der Waals surface area (Å²) in [5.41, 5.74) is -0.309. The lowest BCUT2D eigenvalue weighted by molar-refractivity contribution is -0.0858. The molecule has 2 unspecified atom stereocenters. The molecule has 100 valence electrons. The summed E-state index contributed by atoms with van der Waals surface area (Å²) in [6.07, 6.45) is 3.10. The Morgan fingerprint density at radius 2 is 2.22 bits per heavy atom. The number of hydrogen-bond donors (Lipinski definition) is 1. The van der Waals surface area contributed by atoms with E-state index in [1.165, 1.54) is 0 Å². The Morgan fingerprint density at radius 3 is 2.83 bits per heavy atom. The summed E-state index contributed by atoms with van der Waals surface area (Å²) in [6.45, 7) is 1.32. The van der Waals surface area contributed by atoms with Crippen LogP contribution in [0.25, 0.3) is 0 Å². The summed E-state index contributed by atoms with van der Waals surface area (Å²) in [7, 11) is 3.64. The van der Waals surface area contributed by atoms with E-state index in [4.69, 9.17) is 14.0 Å². The van der Waals surface area contributed by atoms with Crippen LogP contribution in [0.4, 0.5) is 0 Å². The van der Waals surface area contributed by atoms with Crippen LogP contribution in [0.3, 0.4) is 0 Å². The number of methoxy groups -OCH3 is 1. The Kier molecular flexibility index (Phi) is 3.09. The quantitative estimate of drug-likeness (QED) is 0.856. The molecule has 1 saturated heterocycles. The average Bonchev–Trinajstić information content (AvgIpc) is 2.95. The SMILES string of the molecule is CNC1COCC1c1nc(C2(OC)CCC2)no1. The molecule has 0 aromatic carbocycles. The highest BCUT2D eigenvalue weighted by Crippen LogP contribution is 2.43. The van der Waals surface area contributed by atoms with Crippen molar-refractivity contribution in [1.82, 2.24) is 15.5 Å². The van der Waals surface area contributed by atoms with Gasteiger partial charge in [-0.1, -0.05) is 5.16 Å². The predicted molar refractivity (Wildman–Crippen MR) is 63.2 cm³/mol. The molecule has 1 aliphatic heterocycles. The topological polar surface area (TPSA) is 69.4 Å². The number of nitrogens with zero attached hydrogens (tertiary/aromatic N) is 2. The third kappa shape index (κ3) is 1.75. The minimum atomic E-state index is -0.309. The second kappa shape index (κ2) is 4.60. The van der Waals surface area contributed by atoms with Gasteiger partial charge in [-0.25, -0.2) is 0 Å². The maximum atomic E-state index is 5.56. The monoisotopic (exact) mass is 253 g/mol. The van der Waals surface area contributed by atoms with Crippen molar-refractivity contribution < 1.29 is 14.0 Å². The molecule has 6 heteroatoms. The van der Waals surface area contributed by atoms with Crippen molar-refractivity contribution in [2.75, 3.05) is 27.4 Å². The number of hydrogen-bond acceptors (Lipinski definition) is 6. The van der Waals surface area contributed by atoms with Crippen molar-refractivity contribution >= 4 is 0 Å². The lowest BCUT2D eigenvalue weighted by Gasteiger charge is -2.37. The zero-order valence-corrected chi connectivity index (χ0v) is 10.8. The van der Waals surface area contributed by atoms with Crippen molar-refractivity contribution in [1.29, 1.82) is 0 Å². The number of ether oxygens (including phenoxy) is 2. The van der Waals surface area contributed by atoms with E-state index < -0.39 is 0 Å². The Bertz CT molecular complexity index is 411. The predicted octanol–water partition coefficient (Wildman–Crippen LogP) is 0.797. The zero-order chi connectivity index (χ0) is 12.6. The summed E-state index contributed by atoms with van der Waals surface area (Å²) in [5.74, 6) is 1.49. The molecule has 0 amide bonds. The molecule has 0 radical (unpaired) electrons. The summed E-state index contributed by atoms with van der Waals surface area (Å²) < 4.78 is 16.4. The van der Waals surface area contributed by atoms with Gasteiger partial charge in [0.1, 0.15) is 5.60 Å². The van der Waals surface area contributed by atoms with E-state index in [1.807, 2.05) is 7.05 Å². The molecule has 1 aliphatic carbocycles. The Hall–Kier alpha value is -0.980.